The number of likely N-dealkylation sites (tertiary alicyclic amines) is 1. The van der Waals surface area contributed by atoms with E-state index in [1.807, 2.05) is 60.4 Å². The number of piperidine rings is 1. The standard InChI is InChI=1S/C26H29Cl2NO4/c1-26(14-23(31)33-2)13-21(18-4-3-5-20(28)12-18)24(17-8-10-19(27)11-9-17)29(25(26)32)22(15-30)16-6-7-16/h3-5,8-12,16,21-22,24,30H,6-7,13-15H2,1-2H3/t21-,22-,24-,26+/m1/s1. The lowest BCUT2D eigenvalue weighted by Gasteiger charge is -2.52. The smallest absolute Gasteiger partial charge is 0.306 e. The summed E-state index contributed by atoms with van der Waals surface area (Å²) in [4.78, 5) is 28.3. The molecular weight excluding hydrogens is 461 g/mol. The summed E-state index contributed by atoms with van der Waals surface area (Å²) >= 11 is 12.5. The molecule has 0 bridgehead atoms. The first-order valence-corrected chi connectivity index (χ1v) is 12.0. The summed E-state index contributed by atoms with van der Waals surface area (Å²) in [5.74, 6) is -0.441. The van der Waals surface area contributed by atoms with Crippen LogP contribution < -0.4 is 0 Å². The Hall–Kier alpha value is -2.08. The number of amides is 1. The molecule has 176 valence electrons. The van der Waals surface area contributed by atoms with Crippen molar-refractivity contribution in [3.63, 3.8) is 0 Å². The van der Waals surface area contributed by atoms with Crippen LogP contribution in [0.2, 0.25) is 10.0 Å². The van der Waals surface area contributed by atoms with Crippen LogP contribution in [-0.2, 0) is 14.3 Å². The van der Waals surface area contributed by atoms with Crippen LogP contribution in [0.1, 0.15) is 55.7 Å². The molecule has 1 amide bonds. The number of methoxy groups -OCH3 is 1. The van der Waals surface area contributed by atoms with Crippen molar-refractivity contribution >= 4 is 35.1 Å². The van der Waals surface area contributed by atoms with Crippen molar-refractivity contribution in [2.45, 2.75) is 50.6 Å². The molecule has 1 aliphatic heterocycles. The molecule has 1 saturated carbocycles. The van der Waals surface area contributed by atoms with Gasteiger partial charge in [-0.25, -0.2) is 0 Å². The normalized spacial score (nSPS) is 26.2. The third kappa shape index (κ3) is 4.91. The lowest BCUT2D eigenvalue weighted by atomic mass is 9.67. The number of benzene rings is 2. The fraction of sp³-hybridized carbons (Fsp3) is 0.462. The van der Waals surface area contributed by atoms with Crippen LogP contribution in [0.4, 0.5) is 0 Å². The minimum atomic E-state index is -0.967. The van der Waals surface area contributed by atoms with Gasteiger partial charge in [0.2, 0.25) is 5.91 Å². The second kappa shape index (κ2) is 9.65. The molecule has 1 aliphatic carbocycles. The predicted octanol–water partition coefficient (Wildman–Crippen LogP) is 5.39. The zero-order chi connectivity index (χ0) is 23.8. The maximum absolute atomic E-state index is 14.1. The first kappa shape index (κ1) is 24.1. The number of esters is 1. The van der Waals surface area contributed by atoms with Crippen LogP contribution in [-0.4, -0.2) is 41.6 Å². The lowest BCUT2D eigenvalue weighted by Crippen LogP contribution is -2.57. The minimum Gasteiger partial charge on any atom is -0.469 e. The van der Waals surface area contributed by atoms with Crippen LogP contribution in [0.15, 0.2) is 48.5 Å². The number of nitrogens with zero attached hydrogens (tertiary/aromatic N) is 1. The first-order valence-electron chi connectivity index (χ1n) is 11.3. The van der Waals surface area contributed by atoms with E-state index in [2.05, 4.69) is 0 Å². The summed E-state index contributed by atoms with van der Waals surface area (Å²) in [6.45, 7) is 1.70. The van der Waals surface area contributed by atoms with Gasteiger partial charge < -0.3 is 14.7 Å². The molecule has 2 aromatic rings. The Morgan fingerprint density at radius 3 is 2.42 bits per heavy atom. The Balaban J connectivity index is 1.88. The van der Waals surface area contributed by atoms with Crippen molar-refractivity contribution in [2.75, 3.05) is 13.7 Å². The summed E-state index contributed by atoms with van der Waals surface area (Å²) in [5, 5.41) is 11.6. The summed E-state index contributed by atoms with van der Waals surface area (Å²) in [5.41, 5.74) is 0.964. The van der Waals surface area contributed by atoms with Gasteiger partial charge in [-0.3, -0.25) is 9.59 Å². The van der Waals surface area contributed by atoms with E-state index in [1.165, 1.54) is 7.11 Å². The van der Waals surface area contributed by atoms with E-state index in [0.717, 1.165) is 24.0 Å². The lowest BCUT2D eigenvalue weighted by molar-refractivity contribution is -0.163. The van der Waals surface area contributed by atoms with E-state index >= 15 is 0 Å². The van der Waals surface area contributed by atoms with Crippen LogP contribution in [0.3, 0.4) is 0 Å². The molecule has 2 aliphatic rings. The molecule has 5 nitrogen and oxygen atoms in total. The second-order valence-electron chi connectivity index (χ2n) is 9.48. The second-order valence-corrected chi connectivity index (χ2v) is 10.3. The van der Waals surface area contributed by atoms with Crippen molar-refractivity contribution in [1.29, 1.82) is 0 Å². The van der Waals surface area contributed by atoms with E-state index in [-0.39, 0.29) is 42.9 Å². The number of carbonyl (C=O) groups excluding carboxylic acids is 2. The quantitative estimate of drug-likeness (QED) is 0.529. The summed E-state index contributed by atoms with van der Waals surface area (Å²) in [6.07, 6.45) is 2.37. The molecule has 1 N–H and O–H groups in total. The highest BCUT2D eigenvalue weighted by Crippen LogP contribution is 2.54. The van der Waals surface area contributed by atoms with Crippen LogP contribution in [0.5, 0.6) is 0 Å². The number of ether oxygens (including phenoxy) is 1. The van der Waals surface area contributed by atoms with E-state index < -0.39 is 11.4 Å². The third-order valence-corrected chi connectivity index (χ3v) is 7.55. The topological polar surface area (TPSA) is 66.8 Å². The van der Waals surface area contributed by atoms with Gasteiger partial charge in [0.05, 0.1) is 37.6 Å². The third-order valence-electron chi connectivity index (χ3n) is 7.06. The molecule has 0 radical (unpaired) electrons. The number of carbonyl (C=O) groups is 2. The average Bonchev–Trinajstić information content (AvgIpc) is 3.63. The Morgan fingerprint density at radius 2 is 1.85 bits per heavy atom. The number of rotatable bonds is 7. The average molecular weight is 490 g/mol. The SMILES string of the molecule is COC(=O)C[C@]1(C)C[C@H](c2cccc(Cl)c2)[C@@H](c2ccc(Cl)cc2)N([C@H](CO)C2CC2)C1=O. The predicted molar refractivity (Wildman–Crippen MR) is 128 cm³/mol. The van der Waals surface area contributed by atoms with Crippen LogP contribution in [0, 0.1) is 11.3 Å². The van der Waals surface area contributed by atoms with Crippen molar-refractivity contribution in [1.82, 2.24) is 4.90 Å². The number of hydrogen-bond donors (Lipinski definition) is 1. The molecule has 4 rings (SSSR count). The van der Waals surface area contributed by atoms with E-state index in [9.17, 15) is 14.7 Å². The molecule has 4 atom stereocenters. The van der Waals surface area contributed by atoms with Crippen molar-refractivity contribution < 1.29 is 19.4 Å². The Bertz CT molecular complexity index is 1020. The number of halogens is 2. The van der Waals surface area contributed by atoms with E-state index in [4.69, 9.17) is 27.9 Å². The summed E-state index contributed by atoms with van der Waals surface area (Å²) in [6, 6.07) is 14.5. The highest BCUT2D eigenvalue weighted by Gasteiger charge is 2.54. The van der Waals surface area contributed by atoms with Gasteiger partial charge in [-0.05, 0) is 60.6 Å². The molecule has 0 spiro atoms. The Morgan fingerprint density at radius 1 is 1.15 bits per heavy atom. The molecular formula is C26H29Cl2NO4. The highest BCUT2D eigenvalue weighted by molar-refractivity contribution is 6.30. The van der Waals surface area contributed by atoms with Gasteiger partial charge in [0.25, 0.3) is 0 Å². The molecule has 0 unspecified atom stereocenters. The van der Waals surface area contributed by atoms with Gasteiger partial charge in [-0.1, -0.05) is 54.4 Å². The Kier molecular flexibility index (Phi) is 7.04. The van der Waals surface area contributed by atoms with E-state index in [0.29, 0.717) is 16.5 Å². The number of aliphatic hydroxyl groups is 1. The zero-order valence-corrected chi connectivity index (χ0v) is 20.4. The largest absolute Gasteiger partial charge is 0.469 e. The monoisotopic (exact) mass is 489 g/mol. The number of hydrogen-bond acceptors (Lipinski definition) is 4. The number of aliphatic hydroxyl groups excluding tert-OH is 1. The van der Waals surface area contributed by atoms with Gasteiger partial charge in [0, 0.05) is 16.0 Å². The van der Waals surface area contributed by atoms with Crippen molar-refractivity contribution in [3.8, 4) is 0 Å². The molecule has 1 saturated heterocycles. The van der Waals surface area contributed by atoms with Gasteiger partial charge in [-0.15, -0.1) is 0 Å². The first-order chi connectivity index (χ1) is 15.8. The highest BCUT2D eigenvalue weighted by atomic mass is 35.5. The maximum Gasteiger partial charge on any atom is 0.306 e. The maximum atomic E-state index is 14.1. The minimum absolute atomic E-state index is 0.0218. The molecule has 1 heterocycles. The molecule has 0 aromatic heterocycles. The molecule has 2 fully saturated rings. The van der Waals surface area contributed by atoms with Crippen molar-refractivity contribution in [2.24, 2.45) is 11.3 Å². The molecule has 33 heavy (non-hydrogen) atoms. The van der Waals surface area contributed by atoms with Gasteiger partial charge in [-0.2, -0.15) is 0 Å². The zero-order valence-electron chi connectivity index (χ0n) is 18.8. The summed E-state index contributed by atoms with van der Waals surface area (Å²) in [7, 11) is 1.34. The fourth-order valence-corrected chi connectivity index (χ4v) is 5.57. The van der Waals surface area contributed by atoms with Crippen molar-refractivity contribution in [3.05, 3.63) is 69.7 Å². The van der Waals surface area contributed by atoms with Gasteiger partial charge in [0.15, 0.2) is 0 Å². The molecule has 2 aromatic carbocycles. The summed E-state index contributed by atoms with van der Waals surface area (Å²) < 4.78 is 4.94. The van der Waals surface area contributed by atoms with E-state index in [1.54, 1.807) is 0 Å². The fourth-order valence-electron chi connectivity index (χ4n) is 5.25. The van der Waals surface area contributed by atoms with Crippen LogP contribution in [0.25, 0.3) is 0 Å². The van der Waals surface area contributed by atoms with Gasteiger partial charge >= 0.3 is 5.97 Å². The molecule has 7 heteroatoms. The Labute approximate surface area is 204 Å². The van der Waals surface area contributed by atoms with Crippen LogP contribution >= 0.6 is 23.2 Å². The van der Waals surface area contributed by atoms with Gasteiger partial charge in [0.1, 0.15) is 0 Å².